The van der Waals surface area contributed by atoms with Crippen molar-refractivity contribution in [3.63, 3.8) is 0 Å². The maximum absolute atomic E-state index is 14.4. The number of piperidine rings is 1. The quantitative estimate of drug-likeness (QED) is 0.354. The molecule has 1 unspecified atom stereocenters. The van der Waals surface area contributed by atoms with Crippen molar-refractivity contribution in [3.05, 3.63) is 53.7 Å². The van der Waals surface area contributed by atoms with Crippen LogP contribution in [0.5, 0.6) is 0 Å². The number of imidazole rings is 1. The standard InChI is InChI=1S/C29H33F2N7O/c1-5-37-11-9-18(10-12-37)28-34-26(24-16-35(3)29(39)17(2)38(24)28)20-7-6-8-23-21(20)13-22(27(30)31)25(33-23)19-14-32-36(4)15-19/h6-8,13-15,17-18,27H,5,9-12,16H2,1-4H3. The highest BCUT2D eigenvalue weighted by molar-refractivity contribution is 5.96. The Kier molecular flexibility index (Phi) is 6.45. The molecule has 3 aromatic heterocycles. The lowest BCUT2D eigenvalue weighted by Gasteiger charge is -2.34. The number of likely N-dealkylation sites (tertiary alicyclic amines) is 1. The molecule has 0 N–H and O–H groups in total. The number of rotatable bonds is 5. The summed E-state index contributed by atoms with van der Waals surface area (Å²) in [5.74, 6) is 1.22. The van der Waals surface area contributed by atoms with E-state index in [-0.39, 0.29) is 29.1 Å². The SMILES string of the molecule is CCN1CCC(c2nc(-c3cccc4nc(-c5cnn(C)c5)c(C(F)F)cc34)c3n2C(C)C(=O)N(C)C3)CC1. The molecule has 1 atom stereocenters. The first-order chi connectivity index (χ1) is 18.8. The van der Waals surface area contributed by atoms with E-state index in [1.807, 2.05) is 25.1 Å². The molecule has 0 bridgehead atoms. The summed E-state index contributed by atoms with van der Waals surface area (Å²) in [7, 11) is 3.55. The number of nitrogens with zero attached hydrogens (tertiary/aromatic N) is 7. The number of carbonyl (C=O) groups excluding carboxylic acids is 1. The monoisotopic (exact) mass is 533 g/mol. The van der Waals surface area contributed by atoms with Gasteiger partial charge in [-0.05, 0) is 51.5 Å². The zero-order chi connectivity index (χ0) is 27.4. The minimum atomic E-state index is -2.70. The Morgan fingerprint density at radius 1 is 1.10 bits per heavy atom. The fourth-order valence-corrected chi connectivity index (χ4v) is 6.17. The summed E-state index contributed by atoms with van der Waals surface area (Å²) in [5.41, 5.74) is 3.71. The number of alkyl halides is 2. The zero-order valence-corrected chi connectivity index (χ0v) is 22.7. The molecule has 10 heteroatoms. The van der Waals surface area contributed by atoms with Gasteiger partial charge in [0, 0.05) is 48.3 Å². The van der Waals surface area contributed by atoms with Crippen LogP contribution in [0.2, 0.25) is 0 Å². The molecular formula is C29H33F2N7O. The minimum Gasteiger partial charge on any atom is -0.338 e. The molecule has 1 saturated heterocycles. The van der Waals surface area contributed by atoms with Crippen molar-refractivity contribution in [2.75, 3.05) is 26.7 Å². The molecule has 8 nitrogen and oxygen atoms in total. The van der Waals surface area contributed by atoms with Gasteiger partial charge in [-0.15, -0.1) is 0 Å². The summed E-state index contributed by atoms with van der Waals surface area (Å²) in [6, 6.07) is 6.84. The molecule has 2 aliphatic heterocycles. The van der Waals surface area contributed by atoms with Gasteiger partial charge >= 0.3 is 0 Å². The van der Waals surface area contributed by atoms with E-state index in [2.05, 4.69) is 21.5 Å². The van der Waals surface area contributed by atoms with Crippen LogP contribution in [0, 0.1) is 0 Å². The highest BCUT2D eigenvalue weighted by atomic mass is 19.3. The average Bonchev–Trinajstić information content (AvgIpc) is 3.54. The Hall–Kier alpha value is -3.66. The number of hydrogen-bond donors (Lipinski definition) is 0. The molecule has 0 saturated carbocycles. The molecule has 0 aliphatic carbocycles. The first-order valence-corrected chi connectivity index (χ1v) is 13.6. The molecule has 1 fully saturated rings. The highest BCUT2D eigenvalue weighted by Gasteiger charge is 2.36. The Morgan fingerprint density at radius 2 is 1.87 bits per heavy atom. The van der Waals surface area contributed by atoms with Crippen LogP contribution in [-0.2, 0) is 18.4 Å². The smallest absolute Gasteiger partial charge is 0.265 e. The minimum absolute atomic E-state index is 0.0550. The maximum Gasteiger partial charge on any atom is 0.265 e. The molecule has 2 aliphatic rings. The summed E-state index contributed by atoms with van der Waals surface area (Å²) in [6.07, 6.45) is 2.49. The number of carbonyl (C=O) groups is 1. The van der Waals surface area contributed by atoms with E-state index in [1.54, 1.807) is 42.1 Å². The second kappa shape index (κ2) is 9.82. The molecule has 1 aromatic carbocycles. The van der Waals surface area contributed by atoms with Gasteiger partial charge in [0.05, 0.1) is 35.3 Å². The van der Waals surface area contributed by atoms with Crippen molar-refractivity contribution in [2.24, 2.45) is 7.05 Å². The number of benzene rings is 1. The van der Waals surface area contributed by atoms with Crippen molar-refractivity contribution >= 4 is 16.8 Å². The third-order valence-electron chi connectivity index (χ3n) is 8.30. The van der Waals surface area contributed by atoms with Crippen molar-refractivity contribution in [1.82, 2.24) is 34.1 Å². The fraction of sp³-hybridized carbons (Fsp3) is 0.448. The average molecular weight is 534 g/mol. The largest absolute Gasteiger partial charge is 0.338 e. The van der Waals surface area contributed by atoms with E-state index in [9.17, 15) is 13.6 Å². The first kappa shape index (κ1) is 25.6. The Balaban J connectivity index is 1.54. The normalized spacial score (nSPS) is 18.9. The number of hydrogen-bond acceptors (Lipinski definition) is 5. The first-order valence-electron chi connectivity index (χ1n) is 13.6. The second-order valence-corrected chi connectivity index (χ2v) is 10.7. The van der Waals surface area contributed by atoms with Gasteiger partial charge < -0.3 is 14.4 Å². The number of aryl methyl sites for hydroxylation is 1. The fourth-order valence-electron chi connectivity index (χ4n) is 6.17. The topological polar surface area (TPSA) is 72.1 Å². The van der Waals surface area contributed by atoms with Gasteiger partial charge in [0.25, 0.3) is 6.43 Å². The molecule has 6 rings (SSSR count). The van der Waals surface area contributed by atoms with Crippen LogP contribution in [-0.4, -0.2) is 66.7 Å². The van der Waals surface area contributed by atoms with Crippen LogP contribution < -0.4 is 0 Å². The molecule has 1 amide bonds. The molecule has 0 radical (unpaired) electrons. The highest BCUT2D eigenvalue weighted by Crippen LogP contribution is 2.41. The molecule has 5 heterocycles. The predicted molar refractivity (Wildman–Crippen MR) is 145 cm³/mol. The van der Waals surface area contributed by atoms with E-state index in [0.29, 0.717) is 23.0 Å². The molecular weight excluding hydrogens is 500 g/mol. The lowest BCUT2D eigenvalue weighted by Crippen LogP contribution is -2.40. The van der Waals surface area contributed by atoms with E-state index in [0.717, 1.165) is 55.3 Å². The lowest BCUT2D eigenvalue weighted by molar-refractivity contribution is -0.135. The predicted octanol–water partition coefficient (Wildman–Crippen LogP) is 5.17. The van der Waals surface area contributed by atoms with E-state index in [1.165, 1.54) is 0 Å². The van der Waals surface area contributed by atoms with Gasteiger partial charge in [0.2, 0.25) is 5.91 Å². The van der Waals surface area contributed by atoms with Crippen LogP contribution in [0.4, 0.5) is 8.78 Å². The lowest BCUT2D eigenvalue weighted by atomic mass is 9.95. The van der Waals surface area contributed by atoms with Crippen LogP contribution in [0.15, 0.2) is 36.7 Å². The Bertz CT molecular complexity index is 1550. The van der Waals surface area contributed by atoms with Gasteiger partial charge in [-0.2, -0.15) is 5.10 Å². The van der Waals surface area contributed by atoms with E-state index in [4.69, 9.17) is 9.97 Å². The summed E-state index contributed by atoms with van der Waals surface area (Å²) in [5, 5.41) is 4.77. The van der Waals surface area contributed by atoms with Gasteiger partial charge in [0.1, 0.15) is 11.9 Å². The number of fused-ring (bicyclic) bond motifs is 2. The number of pyridine rings is 1. The van der Waals surface area contributed by atoms with Crippen molar-refractivity contribution in [1.29, 1.82) is 0 Å². The molecule has 4 aromatic rings. The number of amides is 1. The second-order valence-electron chi connectivity index (χ2n) is 10.7. The van der Waals surface area contributed by atoms with E-state index < -0.39 is 6.43 Å². The van der Waals surface area contributed by atoms with Crippen molar-refractivity contribution in [2.45, 2.75) is 51.6 Å². The van der Waals surface area contributed by atoms with Gasteiger partial charge in [-0.3, -0.25) is 9.48 Å². The van der Waals surface area contributed by atoms with E-state index >= 15 is 0 Å². The van der Waals surface area contributed by atoms with Crippen LogP contribution in [0.3, 0.4) is 0 Å². The van der Waals surface area contributed by atoms with Crippen LogP contribution in [0.1, 0.15) is 62.2 Å². The summed E-state index contributed by atoms with van der Waals surface area (Å²) in [6.45, 7) is 7.53. The van der Waals surface area contributed by atoms with Crippen molar-refractivity contribution < 1.29 is 13.6 Å². The Morgan fingerprint density at radius 3 is 2.54 bits per heavy atom. The molecule has 0 spiro atoms. The number of aromatic nitrogens is 5. The zero-order valence-electron chi connectivity index (χ0n) is 22.7. The van der Waals surface area contributed by atoms with Gasteiger partial charge in [-0.25, -0.2) is 18.7 Å². The van der Waals surface area contributed by atoms with Crippen LogP contribution >= 0.6 is 0 Å². The molecule has 204 valence electrons. The third kappa shape index (κ3) is 4.30. The van der Waals surface area contributed by atoms with Crippen molar-refractivity contribution in [3.8, 4) is 22.5 Å². The summed E-state index contributed by atoms with van der Waals surface area (Å²) in [4.78, 5) is 27.1. The number of halogens is 2. The van der Waals surface area contributed by atoms with Gasteiger partial charge in [0.15, 0.2) is 0 Å². The third-order valence-corrected chi connectivity index (χ3v) is 8.30. The molecule has 39 heavy (non-hydrogen) atoms. The Labute approximate surface area is 226 Å². The number of likely N-dealkylation sites (N-methyl/N-ethyl adjacent to an activating group) is 1. The summed E-state index contributed by atoms with van der Waals surface area (Å²) >= 11 is 0. The maximum atomic E-state index is 14.4. The summed E-state index contributed by atoms with van der Waals surface area (Å²) < 4.78 is 32.4. The van der Waals surface area contributed by atoms with Gasteiger partial charge in [-0.1, -0.05) is 19.1 Å². The van der Waals surface area contributed by atoms with Crippen LogP contribution in [0.25, 0.3) is 33.4 Å².